The summed E-state index contributed by atoms with van der Waals surface area (Å²) in [5, 5.41) is 3.77. The lowest BCUT2D eigenvalue weighted by atomic mass is 10.0. The Bertz CT molecular complexity index is 256. The van der Waals surface area contributed by atoms with Crippen molar-refractivity contribution in [3.63, 3.8) is 0 Å². The molecule has 2 aliphatic rings. The van der Waals surface area contributed by atoms with Gasteiger partial charge in [-0.05, 0) is 24.7 Å². The van der Waals surface area contributed by atoms with Crippen LogP contribution in [0.25, 0.3) is 0 Å². The fraction of sp³-hybridized carbons (Fsp3) is 0.846. The molecule has 1 aliphatic carbocycles. The predicted molar refractivity (Wildman–Crippen MR) is 63.6 cm³/mol. The molecular formula is C13H22N2. The first-order valence-electron chi connectivity index (χ1n) is 6.04. The molecule has 1 heterocycles. The van der Waals surface area contributed by atoms with Crippen molar-refractivity contribution < 1.29 is 0 Å². The van der Waals surface area contributed by atoms with E-state index in [1.807, 2.05) is 0 Å². The van der Waals surface area contributed by atoms with Crippen molar-refractivity contribution in [1.82, 2.24) is 10.2 Å². The first-order valence-corrected chi connectivity index (χ1v) is 6.04. The van der Waals surface area contributed by atoms with Gasteiger partial charge in [-0.2, -0.15) is 0 Å². The van der Waals surface area contributed by atoms with Crippen LogP contribution in [0.2, 0.25) is 0 Å². The van der Waals surface area contributed by atoms with Gasteiger partial charge in [-0.15, -0.1) is 6.42 Å². The minimum absolute atomic E-state index is 0.552. The lowest BCUT2D eigenvalue weighted by Gasteiger charge is -2.31. The minimum atomic E-state index is 0.552. The molecule has 2 heteroatoms. The lowest BCUT2D eigenvalue weighted by Crippen LogP contribution is -2.44. The molecule has 1 unspecified atom stereocenters. The highest BCUT2D eigenvalue weighted by atomic mass is 15.1. The SMILES string of the molecule is C#CCN1CCC(NC2CC2(C)C)CC1. The summed E-state index contributed by atoms with van der Waals surface area (Å²) in [4.78, 5) is 2.37. The minimum Gasteiger partial charge on any atom is -0.311 e. The molecule has 0 bridgehead atoms. The lowest BCUT2D eigenvalue weighted by molar-refractivity contribution is 0.214. The summed E-state index contributed by atoms with van der Waals surface area (Å²) >= 11 is 0. The second-order valence-corrected chi connectivity index (χ2v) is 5.67. The Morgan fingerprint density at radius 1 is 1.40 bits per heavy atom. The van der Waals surface area contributed by atoms with E-state index in [0.717, 1.165) is 31.7 Å². The average molecular weight is 206 g/mol. The number of terminal acetylenes is 1. The zero-order valence-electron chi connectivity index (χ0n) is 9.92. The van der Waals surface area contributed by atoms with Gasteiger partial charge in [0.25, 0.3) is 0 Å². The summed E-state index contributed by atoms with van der Waals surface area (Å²) in [6, 6.07) is 1.49. The highest BCUT2D eigenvalue weighted by Crippen LogP contribution is 2.45. The van der Waals surface area contributed by atoms with Gasteiger partial charge in [0.2, 0.25) is 0 Å². The molecule has 2 nitrogen and oxygen atoms in total. The van der Waals surface area contributed by atoms with Crippen molar-refractivity contribution in [3.8, 4) is 12.3 Å². The maximum atomic E-state index is 5.31. The van der Waals surface area contributed by atoms with E-state index in [9.17, 15) is 0 Å². The van der Waals surface area contributed by atoms with Crippen molar-refractivity contribution >= 4 is 0 Å². The maximum Gasteiger partial charge on any atom is 0.0598 e. The van der Waals surface area contributed by atoms with Gasteiger partial charge in [0.15, 0.2) is 0 Å². The maximum absolute atomic E-state index is 5.31. The second-order valence-electron chi connectivity index (χ2n) is 5.67. The third kappa shape index (κ3) is 2.74. The average Bonchev–Trinajstić information content (AvgIpc) is 2.78. The van der Waals surface area contributed by atoms with Crippen molar-refractivity contribution in [2.45, 2.75) is 45.2 Å². The van der Waals surface area contributed by atoms with Crippen LogP contribution in [0.1, 0.15) is 33.1 Å². The van der Waals surface area contributed by atoms with E-state index < -0.39 is 0 Å². The molecule has 15 heavy (non-hydrogen) atoms. The van der Waals surface area contributed by atoms with E-state index in [4.69, 9.17) is 6.42 Å². The molecule has 1 N–H and O–H groups in total. The van der Waals surface area contributed by atoms with Crippen LogP contribution in [0.5, 0.6) is 0 Å². The fourth-order valence-corrected chi connectivity index (χ4v) is 2.42. The first-order chi connectivity index (χ1) is 7.12. The van der Waals surface area contributed by atoms with Crippen LogP contribution in [0, 0.1) is 17.8 Å². The quantitative estimate of drug-likeness (QED) is 0.704. The second kappa shape index (κ2) is 4.15. The van der Waals surface area contributed by atoms with E-state index in [1.54, 1.807) is 0 Å². The predicted octanol–water partition coefficient (Wildman–Crippen LogP) is 1.47. The van der Waals surface area contributed by atoms with Crippen LogP contribution in [-0.2, 0) is 0 Å². The Balaban J connectivity index is 1.68. The molecule has 0 aromatic carbocycles. The summed E-state index contributed by atoms with van der Waals surface area (Å²) in [7, 11) is 0. The van der Waals surface area contributed by atoms with Crippen LogP contribution in [-0.4, -0.2) is 36.6 Å². The Hall–Kier alpha value is -0.520. The van der Waals surface area contributed by atoms with Crippen LogP contribution in [0.15, 0.2) is 0 Å². The van der Waals surface area contributed by atoms with Gasteiger partial charge >= 0.3 is 0 Å². The molecule has 0 radical (unpaired) electrons. The Kier molecular flexibility index (Phi) is 3.04. The number of piperidine rings is 1. The number of likely N-dealkylation sites (tertiary alicyclic amines) is 1. The van der Waals surface area contributed by atoms with Gasteiger partial charge in [0.1, 0.15) is 0 Å². The molecule has 2 fully saturated rings. The molecule has 1 saturated heterocycles. The van der Waals surface area contributed by atoms with E-state index >= 15 is 0 Å². The topological polar surface area (TPSA) is 15.3 Å². The number of nitrogens with one attached hydrogen (secondary N) is 1. The standard InChI is InChI=1S/C13H22N2/c1-4-7-15-8-5-11(6-9-15)14-12-10-13(12,2)3/h1,11-12,14H,5-10H2,2-3H3. The van der Waals surface area contributed by atoms with Gasteiger partial charge in [-0.1, -0.05) is 19.8 Å². The molecule has 0 aromatic heterocycles. The third-order valence-corrected chi connectivity index (χ3v) is 3.85. The molecule has 1 saturated carbocycles. The first kappa shape index (κ1) is 11.0. The number of hydrogen-bond acceptors (Lipinski definition) is 2. The highest BCUT2D eigenvalue weighted by Gasteiger charge is 2.46. The normalized spacial score (nSPS) is 31.1. The largest absolute Gasteiger partial charge is 0.311 e. The molecule has 1 aliphatic heterocycles. The molecule has 1 atom stereocenters. The van der Waals surface area contributed by atoms with Crippen LogP contribution in [0.3, 0.4) is 0 Å². The zero-order valence-corrected chi connectivity index (χ0v) is 9.92. The van der Waals surface area contributed by atoms with Crippen LogP contribution in [0.4, 0.5) is 0 Å². The molecule has 0 spiro atoms. The fourth-order valence-electron chi connectivity index (χ4n) is 2.42. The van der Waals surface area contributed by atoms with Gasteiger partial charge in [0.05, 0.1) is 6.54 Å². The summed E-state index contributed by atoms with van der Waals surface area (Å²) < 4.78 is 0. The highest BCUT2D eigenvalue weighted by molar-refractivity contribution is 5.03. The number of nitrogens with zero attached hydrogens (tertiary/aromatic N) is 1. The van der Waals surface area contributed by atoms with Crippen molar-refractivity contribution in [3.05, 3.63) is 0 Å². The van der Waals surface area contributed by atoms with Gasteiger partial charge in [0, 0.05) is 25.2 Å². The van der Waals surface area contributed by atoms with E-state index in [0.29, 0.717) is 5.41 Å². The van der Waals surface area contributed by atoms with Crippen LogP contribution < -0.4 is 5.32 Å². The number of rotatable bonds is 3. The van der Waals surface area contributed by atoms with E-state index in [2.05, 4.69) is 30.0 Å². The van der Waals surface area contributed by atoms with Gasteiger partial charge in [-0.25, -0.2) is 0 Å². The molecule has 84 valence electrons. The third-order valence-electron chi connectivity index (χ3n) is 3.85. The van der Waals surface area contributed by atoms with Crippen molar-refractivity contribution in [2.75, 3.05) is 19.6 Å². The Morgan fingerprint density at radius 2 is 2.00 bits per heavy atom. The van der Waals surface area contributed by atoms with Crippen molar-refractivity contribution in [2.24, 2.45) is 5.41 Å². The molecule has 0 amide bonds. The summed E-state index contributed by atoms with van der Waals surface area (Å²) in [5.74, 6) is 2.72. The Labute approximate surface area is 93.4 Å². The van der Waals surface area contributed by atoms with Crippen molar-refractivity contribution in [1.29, 1.82) is 0 Å². The summed E-state index contributed by atoms with van der Waals surface area (Å²) in [6.07, 6.45) is 9.17. The zero-order chi connectivity index (χ0) is 10.9. The van der Waals surface area contributed by atoms with Gasteiger partial charge < -0.3 is 5.32 Å². The Morgan fingerprint density at radius 3 is 2.47 bits per heavy atom. The van der Waals surface area contributed by atoms with Gasteiger partial charge in [-0.3, -0.25) is 4.90 Å². The molecular weight excluding hydrogens is 184 g/mol. The molecule has 0 aromatic rings. The van der Waals surface area contributed by atoms with Crippen LogP contribution >= 0.6 is 0 Å². The van der Waals surface area contributed by atoms with E-state index in [-0.39, 0.29) is 0 Å². The smallest absolute Gasteiger partial charge is 0.0598 e. The van der Waals surface area contributed by atoms with E-state index in [1.165, 1.54) is 19.3 Å². The monoisotopic (exact) mass is 206 g/mol. The number of hydrogen-bond donors (Lipinski definition) is 1. The molecule has 2 rings (SSSR count). The summed E-state index contributed by atoms with van der Waals surface area (Å²) in [5.41, 5.74) is 0.552. The summed E-state index contributed by atoms with van der Waals surface area (Å²) in [6.45, 7) is 7.84.